The first kappa shape index (κ1) is 30.0. The van der Waals surface area contributed by atoms with E-state index in [4.69, 9.17) is 7.73 Å². The average molecular weight is 734 g/mol. The van der Waals surface area contributed by atoms with Crippen molar-refractivity contribution in [1.82, 2.24) is 9.38 Å². The van der Waals surface area contributed by atoms with Crippen molar-refractivity contribution >= 4 is 33.2 Å². The normalized spacial score (nSPS) is 18.3. The number of fused-ring (bicyclic) bond motifs is 7. The van der Waals surface area contributed by atoms with Gasteiger partial charge in [0, 0.05) is 37.0 Å². The molecule has 0 saturated carbocycles. The molecular formula is C36H47IrN2O2-. The summed E-state index contributed by atoms with van der Waals surface area (Å²) in [5.74, 6) is 0.104. The van der Waals surface area contributed by atoms with E-state index in [0.717, 1.165) is 33.1 Å². The van der Waals surface area contributed by atoms with E-state index in [1.54, 1.807) is 0 Å². The fourth-order valence-electron chi connectivity index (χ4n) is 5.51. The second-order valence-corrected chi connectivity index (χ2v) is 15.1. The molecule has 1 aliphatic rings. The van der Waals surface area contributed by atoms with Crippen LogP contribution in [0.25, 0.3) is 27.5 Å². The number of hydrogen-bond donors (Lipinski definition) is 1. The van der Waals surface area contributed by atoms with Gasteiger partial charge in [0.05, 0.1) is 19.4 Å². The van der Waals surface area contributed by atoms with E-state index in [2.05, 4.69) is 76.4 Å². The van der Waals surface area contributed by atoms with Crippen molar-refractivity contribution in [2.24, 2.45) is 16.2 Å². The Morgan fingerprint density at radius 1 is 0.976 bits per heavy atom. The summed E-state index contributed by atoms with van der Waals surface area (Å²) in [7, 11) is 0. The summed E-state index contributed by atoms with van der Waals surface area (Å²) in [6, 6.07) is 10.3. The molecule has 0 bridgehead atoms. The number of carbonyl (C=O) groups is 1. The Hall–Kier alpha value is -2.49. The fourth-order valence-corrected chi connectivity index (χ4v) is 5.51. The minimum absolute atomic E-state index is 0. The predicted octanol–water partition coefficient (Wildman–Crippen LogP) is 9.43. The molecule has 41 heavy (non-hydrogen) atoms. The molecule has 0 unspecified atom stereocenters. The third kappa shape index (κ3) is 5.30. The van der Waals surface area contributed by atoms with Crippen LogP contribution in [0.1, 0.15) is 103 Å². The van der Waals surface area contributed by atoms with Crippen molar-refractivity contribution < 1.29 is 32.7 Å². The number of benzene rings is 2. The molecule has 1 radical (unpaired) electrons. The molecule has 0 saturated heterocycles. The molecule has 223 valence electrons. The third-order valence-corrected chi connectivity index (χ3v) is 9.60. The van der Waals surface area contributed by atoms with Gasteiger partial charge in [0.25, 0.3) is 0 Å². The van der Waals surface area contributed by atoms with Gasteiger partial charge in [-0.05, 0) is 39.6 Å². The number of imidazole rings is 1. The van der Waals surface area contributed by atoms with Gasteiger partial charge in [-0.15, -0.1) is 34.5 Å². The van der Waals surface area contributed by atoms with E-state index in [1.807, 2.05) is 48.5 Å². The summed E-state index contributed by atoms with van der Waals surface area (Å²) in [5.41, 5.74) is 4.42. The molecule has 0 spiro atoms. The summed E-state index contributed by atoms with van der Waals surface area (Å²) >= 11 is 0. The Morgan fingerprint density at radius 3 is 2.15 bits per heavy atom. The van der Waals surface area contributed by atoms with Crippen molar-refractivity contribution in [2.45, 2.75) is 101 Å². The van der Waals surface area contributed by atoms with Gasteiger partial charge >= 0.3 is 0 Å². The largest absolute Gasteiger partial charge is 0.512 e. The standard InChI is InChI=1S/C25H27N2.C11H20O2.Ir/c1-15-8-9-16-12-13-27-21-19(26-22(27)17(16)14-15)11-10-18-20(21)24(4,5)25(6,7)23(18,2)3;1-10(2,3)8(12)7-9(13)11(4,5)6;/h8-13H,1-7H3;7,12H,1-6H3;/q-1;;/i10D,11D;;. The van der Waals surface area contributed by atoms with Crippen LogP contribution in [0.4, 0.5) is 0 Å². The summed E-state index contributed by atoms with van der Waals surface area (Å²) < 4.78 is 19.8. The Bertz CT molecular complexity index is 1780. The summed E-state index contributed by atoms with van der Waals surface area (Å²) in [4.78, 5) is 16.4. The first-order valence-corrected chi connectivity index (χ1v) is 14.2. The molecule has 0 fully saturated rings. The molecule has 1 aliphatic carbocycles. The van der Waals surface area contributed by atoms with Crippen molar-refractivity contribution in [2.75, 3.05) is 0 Å². The number of carbonyl (C=O) groups excluding carboxylic acids is 1. The summed E-state index contributed by atoms with van der Waals surface area (Å²) in [5, 5.41) is 11.6. The van der Waals surface area contributed by atoms with Gasteiger partial charge in [-0.3, -0.25) is 9.78 Å². The zero-order valence-corrected chi connectivity index (χ0v) is 29.4. The number of nitrogens with zero attached hydrogens (tertiary/aromatic N) is 2. The molecule has 4 nitrogen and oxygen atoms in total. The minimum atomic E-state index is -0.417. The number of ketones is 1. The number of allylic oxidation sites excluding steroid dienone is 2. The zero-order chi connectivity index (χ0) is 32.0. The average Bonchev–Trinajstić information content (AvgIpc) is 3.28. The predicted molar refractivity (Wildman–Crippen MR) is 168 cm³/mol. The molecule has 2 heterocycles. The van der Waals surface area contributed by atoms with Crippen LogP contribution < -0.4 is 0 Å². The number of aryl methyl sites for hydroxylation is 1. The van der Waals surface area contributed by atoms with Crippen molar-refractivity contribution in [3.8, 4) is 0 Å². The topological polar surface area (TPSA) is 54.6 Å². The monoisotopic (exact) mass is 734 g/mol. The van der Waals surface area contributed by atoms with Gasteiger partial charge in [0.1, 0.15) is 5.76 Å². The zero-order valence-electron chi connectivity index (χ0n) is 29.0. The van der Waals surface area contributed by atoms with Crippen LogP contribution in [0.2, 0.25) is 0 Å². The maximum absolute atomic E-state index is 11.5. The summed E-state index contributed by atoms with van der Waals surface area (Å²) in [6.07, 6.45) is 3.40. The van der Waals surface area contributed by atoms with E-state index in [1.165, 1.54) is 11.6 Å². The van der Waals surface area contributed by atoms with Gasteiger partial charge in [-0.1, -0.05) is 102 Å². The second-order valence-electron chi connectivity index (χ2n) is 15.1. The fraction of sp³-hybridized carbons (Fsp3) is 0.500. The van der Waals surface area contributed by atoms with E-state index in [9.17, 15) is 9.90 Å². The van der Waals surface area contributed by atoms with Crippen LogP contribution in [-0.4, -0.2) is 20.3 Å². The number of rotatable bonds is 1. The maximum Gasteiger partial charge on any atom is 0.164 e. The molecule has 2 aromatic heterocycles. The molecular weight excluding hydrogens is 685 g/mol. The van der Waals surface area contributed by atoms with E-state index in [0.29, 0.717) is 11.6 Å². The van der Waals surface area contributed by atoms with Crippen LogP contribution in [0.3, 0.4) is 0 Å². The molecule has 0 aliphatic heterocycles. The Balaban J connectivity index is 0.000000310. The van der Waals surface area contributed by atoms with Crippen LogP contribution in [-0.2, 0) is 35.7 Å². The van der Waals surface area contributed by atoms with Crippen molar-refractivity contribution in [3.63, 3.8) is 0 Å². The molecule has 5 rings (SSSR count). The number of aliphatic hydroxyl groups is 1. The van der Waals surface area contributed by atoms with Crippen LogP contribution in [0, 0.1) is 29.2 Å². The number of aromatic nitrogens is 2. The quantitative estimate of drug-likeness (QED) is 0.121. The first-order chi connectivity index (χ1) is 19.0. The number of aliphatic hydroxyl groups excluding tert-OH is 1. The Kier molecular flexibility index (Phi) is 7.57. The second kappa shape index (κ2) is 10.3. The van der Waals surface area contributed by atoms with Crippen molar-refractivity contribution in [3.05, 3.63) is 71.1 Å². The molecule has 1 N–H and O–H groups in total. The van der Waals surface area contributed by atoms with E-state index in [-0.39, 0.29) is 59.4 Å². The van der Waals surface area contributed by atoms with Gasteiger partial charge in [0.15, 0.2) is 5.78 Å². The summed E-state index contributed by atoms with van der Waals surface area (Å²) in [6.45, 7) is 26.7. The Morgan fingerprint density at radius 2 is 1.59 bits per heavy atom. The van der Waals surface area contributed by atoms with E-state index < -0.39 is 5.41 Å². The molecule has 2 aromatic carbocycles. The van der Waals surface area contributed by atoms with E-state index >= 15 is 0 Å². The van der Waals surface area contributed by atoms with Gasteiger partial charge in [-0.25, -0.2) is 0 Å². The Labute approximate surface area is 262 Å². The third-order valence-electron chi connectivity index (χ3n) is 9.60. The van der Waals surface area contributed by atoms with Crippen LogP contribution in [0.15, 0.2) is 48.3 Å². The van der Waals surface area contributed by atoms with Gasteiger partial charge in [0.2, 0.25) is 0 Å². The first-order valence-electron chi connectivity index (χ1n) is 15.2. The maximum atomic E-state index is 11.5. The molecule has 0 amide bonds. The smallest absolute Gasteiger partial charge is 0.164 e. The molecule has 0 atom stereocenters. The molecule has 5 heteroatoms. The SMILES string of the molecule is CC(C)(C)C(=O)C=C(O)C(C)(C)C.[2H]c1c2c(c3c(nc4c5[c-]c(C)ccc5ccn43)c1[2H])C(C)(C)C(C)(C)C2(C)C.[Ir]. The van der Waals surface area contributed by atoms with Gasteiger partial charge in [-0.2, -0.15) is 0 Å². The van der Waals surface area contributed by atoms with Crippen LogP contribution in [0.5, 0.6) is 0 Å². The molecule has 4 aromatic rings. The number of pyridine rings is 1. The minimum Gasteiger partial charge on any atom is -0.512 e. The van der Waals surface area contributed by atoms with Crippen molar-refractivity contribution in [1.29, 1.82) is 0 Å². The van der Waals surface area contributed by atoms with Gasteiger partial charge < -0.3 is 9.51 Å². The number of hydrogen-bond acceptors (Lipinski definition) is 3. The van der Waals surface area contributed by atoms with Crippen LogP contribution >= 0.6 is 0 Å².